The number of carbonyl (C=O) groups excluding carboxylic acids is 1. The van der Waals surface area contributed by atoms with Gasteiger partial charge in [-0.15, -0.1) is 0 Å². The van der Waals surface area contributed by atoms with Crippen LogP contribution in [0.3, 0.4) is 0 Å². The summed E-state index contributed by atoms with van der Waals surface area (Å²) in [5, 5.41) is 0.777. The van der Waals surface area contributed by atoms with E-state index >= 15 is 0 Å². The number of hydrogen-bond acceptors (Lipinski definition) is 5. The molecule has 0 saturated heterocycles. The average Bonchev–Trinajstić information content (AvgIpc) is 3.02. The summed E-state index contributed by atoms with van der Waals surface area (Å²) in [6.07, 6.45) is 0. The first-order valence-electron chi connectivity index (χ1n) is 7.00. The summed E-state index contributed by atoms with van der Waals surface area (Å²) >= 11 is 0. The van der Waals surface area contributed by atoms with Gasteiger partial charge >= 0.3 is 0 Å². The Labute approximate surface area is 133 Å². The lowest BCUT2D eigenvalue weighted by Crippen LogP contribution is -1.99. The molecule has 118 valence electrons. The monoisotopic (exact) mass is 312 g/mol. The summed E-state index contributed by atoms with van der Waals surface area (Å²) in [6, 6.07) is 12.1. The Bertz CT molecular complexity index is 805. The molecule has 0 aliphatic rings. The zero-order valence-electron chi connectivity index (χ0n) is 13.1. The number of ketones is 1. The lowest BCUT2D eigenvalue weighted by molar-refractivity contribution is 0.101. The van der Waals surface area contributed by atoms with E-state index in [0.29, 0.717) is 28.4 Å². The van der Waals surface area contributed by atoms with Gasteiger partial charge in [-0.3, -0.25) is 4.79 Å². The molecule has 0 N–H and O–H groups in total. The van der Waals surface area contributed by atoms with Crippen LogP contribution in [0.4, 0.5) is 0 Å². The molecule has 5 heteroatoms. The van der Waals surface area contributed by atoms with Crippen LogP contribution in [0.5, 0.6) is 17.2 Å². The summed E-state index contributed by atoms with van der Waals surface area (Å²) < 4.78 is 21.3. The van der Waals surface area contributed by atoms with Crippen molar-refractivity contribution < 1.29 is 23.4 Å². The van der Waals surface area contributed by atoms with Crippen molar-refractivity contribution in [2.45, 2.75) is 0 Å². The van der Waals surface area contributed by atoms with Gasteiger partial charge in [0.1, 0.15) is 11.3 Å². The molecule has 0 fully saturated rings. The molecule has 2 aromatic carbocycles. The Morgan fingerprint density at radius 2 is 1.52 bits per heavy atom. The number of benzene rings is 2. The van der Waals surface area contributed by atoms with Crippen LogP contribution in [0.1, 0.15) is 16.1 Å². The highest BCUT2D eigenvalue weighted by molar-refractivity contribution is 6.09. The third kappa shape index (κ3) is 2.73. The van der Waals surface area contributed by atoms with E-state index in [9.17, 15) is 4.79 Å². The minimum Gasteiger partial charge on any atom is -0.497 e. The van der Waals surface area contributed by atoms with E-state index in [4.69, 9.17) is 18.6 Å². The van der Waals surface area contributed by atoms with Crippen molar-refractivity contribution in [1.29, 1.82) is 0 Å². The fourth-order valence-electron chi connectivity index (χ4n) is 2.36. The third-order valence-corrected chi connectivity index (χ3v) is 3.60. The molecule has 0 spiro atoms. The highest BCUT2D eigenvalue weighted by Gasteiger charge is 2.17. The van der Waals surface area contributed by atoms with Crippen LogP contribution in [0.25, 0.3) is 11.0 Å². The van der Waals surface area contributed by atoms with E-state index in [2.05, 4.69) is 0 Å². The Morgan fingerprint density at radius 3 is 2.13 bits per heavy atom. The smallest absolute Gasteiger partial charge is 0.228 e. The van der Waals surface area contributed by atoms with Crippen LogP contribution in [-0.4, -0.2) is 27.1 Å². The first-order valence-corrected chi connectivity index (χ1v) is 7.00. The van der Waals surface area contributed by atoms with Crippen molar-refractivity contribution in [2.75, 3.05) is 21.3 Å². The highest BCUT2D eigenvalue weighted by atomic mass is 16.5. The highest BCUT2D eigenvalue weighted by Crippen LogP contribution is 2.34. The molecule has 23 heavy (non-hydrogen) atoms. The second kappa shape index (κ2) is 6.04. The molecule has 1 heterocycles. The van der Waals surface area contributed by atoms with Crippen molar-refractivity contribution in [1.82, 2.24) is 0 Å². The lowest BCUT2D eigenvalue weighted by Gasteiger charge is -2.06. The summed E-state index contributed by atoms with van der Waals surface area (Å²) in [6.45, 7) is 0. The Kier molecular flexibility index (Phi) is 3.93. The molecule has 1 aromatic heterocycles. The predicted molar refractivity (Wildman–Crippen MR) is 85.7 cm³/mol. The average molecular weight is 312 g/mol. The molecule has 0 aliphatic heterocycles. The zero-order valence-corrected chi connectivity index (χ0v) is 13.1. The molecule has 0 unspecified atom stereocenters. The van der Waals surface area contributed by atoms with Crippen molar-refractivity contribution in [3.63, 3.8) is 0 Å². The quantitative estimate of drug-likeness (QED) is 0.672. The van der Waals surface area contributed by atoms with Gasteiger partial charge in [-0.1, -0.05) is 0 Å². The van der Waals surface area contributed by atoms with Gasteiger partial charge in [-0.25, -0.2) is 0 Å². The molecule has 5 nitrogen and oxygen atoms in total. The van der Waals surface area contributed by atoms with Crippen LogP contribution in [0.15, 0.2) is 46.9 Å². The Balaban J connectivity index is 2.00. The van der Waals surface area contributed by atoms with E-state index in [-0.39, 0.29) is 11.5 Å². The normalized spacial score (nSPS) is 10.6. The van der Waals surface area contributed by atoms with Gasteiger partial charge in [-0.05, 0) is 36.4 Å². The molecule has 0 aliphatic carbocycles. The van der Waals surface area contributed by atoms with Gasteiger partial charge in [0.05, 0.1) is 21.3 Å². The first kappa shape index (κ1) is 15.0. The predicted octanol–water partition coefficient (Wildman–Crippen LogP) is 3.69. The minimum atomic E-state index is -0.193. The summed E-state index contributed by atoms with van der Waals surface area (Å²) in [7, 11) is 4.69. The molecule has 0 radical (unpaired) electrons. The molecular weight excluding hydrogens is 296 g/mol. The number of furan rings is 1. The maximum Gasteiger partial charge on any atom is 0.228 e. The van der Waals surface area contributed by atoms with Gasteiger partial charge in [0.15, 0.2) is 17.3 Å². The molecule has 3 rings (SSSR count). The van der Waals surface area contributed by atoms with Crippen LogP contribution in [0, 0.1) is 0 Å². The number of methoxy groups -OCH3 is 3. The fraction of sp³-hybridized carbons (Fsp3) is 0.167. The summed E-state index contributed by atoms with van der Waals surface area (Å²) in [5.41, 5.74) is 1.10. The number of ether oxygens (including phenoxy) is 3. The Hall–Kier alpha value is -2.95. The summed E-state index contributed by atoms with van der Waals surface area (Å²) in [5.74, 6) is 1.91. The SMILES string of the molecule is COc1ccc(C(=O)c2cc3cc(OC)c(OC)cc3o2)cc1. The number of carbonyl (C=O) groups is 1. The summed E-state index contributed by atoms with van der Waals surface area (Å²) in [4.78, 5) is 12.5. The van der Waals surface area contributed by atoms with Crippen molar-refractivity contribution >= 4 is 16.8 Å². The molecule has 3 aromatic rings. The molecular formula is C18H16O5. The maximum atomic E-state index is 12.5. The topological polar surface area (TPSA) is 57.9 Å². The first-order chi connectivity index (χ1) is 11.2. The lowest BCUT2D eigenvalue weighted by atomic mass is 10.1. The van der Waals surface area contributed by atoms with Gasteiger partial charge in [-0.2, -0.15) is 0 Å². The standard InChI is InChI=1S/C18H16O5/c1-20-13-6-4-11(5-7-13)18(19)17-9-12-8-15(21-2)16(22-3)10-14(12)23-17/h4-10H,1-3H3. The largest absolute Gasteiger partial charge is 0.497 e. The van der Waals surface area contributed by atoms with Gasteiger partial charge in [0.25, 0.3) is 0 Å². The minimum absolute atomic E-state index is 0.193. The van der Waals surface area contributed by atoms with Crippen molar-refractivity contribution in [2.24, 2.45) is 0 Å². The van der Waals surface area contributed by atoms with E-state index in [1.165, 1.54) is 0 Å². The molecule has 0 saturated carbocycles. The van der Waals surface area contributed by atoms with Gasteiger partial charge in [0.2, 0.25) is 5.78 Å². The molecule has 0 atom stereocenters. The molecule has 0 amide bonds. The second-order valence-corrected chi connectivity index (χ2v) is 4.91. The number of rotatable bonds is 5. The van der Waals surface area contributed by atoms with Crippen LogP contribution >= 0.6 is 0 Å². The zero-order chi connectivity index (χ0) is 16.4. The Morgan fingerprint density at radius 1 is 0.870 bits per heavy atom. The molecule has 0 bridgehead atoms. The fourth-order valence-corrected chi connectivity index (χ4v) is 2.36. The van der Waals surface area contributed by atoms with Crippen molar-refractivity contribution in [3.8, 4) is 17.2 Å². The van der Waals surface area contributed by atoms with E-state index in [1.54, 1.807) is 63.8 Å². The van der Waals surface area contributed by atoms with Crippen LogP contribution < -0.4 is 14.2 Å². The third-order valence-electron chi connectivity index (χ3n) is 3.60. The van der Waals surface area contributed by atoms with E-state index < -0.39 is 0 Å². The van der Waals surface area contributed by atoms with Gasteiger partial charge < -0.3 is 18.6 Å². The number of fused-ring (bicyclic) bond motifs is 1. The second-order valence-electron chi connectivity index (χ2n) is 4.91. The van der Waals surface area contributed by atoms with Crippen LogP contribution in [0.2, 0.25) is 0 Å². The van der Waals surface area contributed by atoms with E-state index in [1.807, 2.05) is 0 Å². The number of hydrogen-bond donors (Lipinski definition) is 0. The van der Waals surface area contributed by atoms with Crippen LogP contribution in [-0.2, 0) is 0 Å². The van der Waals surface area contributed by atoms with Crippen molar-refractivity contribution in [3.05, 3.63) is 53.8 Å². The van der Waals surface area contributed by atoms with Gasteiger partial charge in [0, 0.05) is 17.0 Å². The van der Waals surface area contributed by atoms with E-state index in [0.717, 1.165) is 5.39 Å². The maximum absolute atomic E-state index is 12.5.